The summed E-state index contributed by atoms with van der Waals surface area (Å²) in [5.74, 6) is 0.327. The summed E-state index contributed by atoms with van der Waals surface area (Å²) in [6, 6.07) is 4.24. The van der Waals surface area contributed by atoms with Crippen LogP contribution in [0.2, 0.25) is 0 Å². The van der Waals surface area contributed by atoms with Gasteiger partial charge in [-0.15, -0.1) is 0 Å². The standard InChI is InChI=1S/C18H23N5O4S/c1-21-7-5-19-16(21)10-22-8-13-14(12-28(26,27)15(13)9-22)20-17(24)11-23-6-3-2-4-18(23)25/h2-7,13-15H,8-12H2,1H3,(H,20,24)/t13-,14+,15-/m0/s1. The Balaban J connectivity index is 1.44. The van der Waals surface area contributed by atoms with Gasteiger partial charge in [-0.05, 0) is 6.07 Å². The van der Waals surface area contributed by atoms with Gasteiger partial charge in [-0.2, -0.15) is 0 Å². The summed E-state index contributed by atoms with van der Waals surface area (Å²) in [6.45, 7) is 1.49. The molecule has 3 atom stereocenters. The zero-order valence-electron chi connectivity index (χ0n) is 15.6. The molecule has 2 fully saturated rings. The zero-order chi connectivity index (χ0) is 19.9. The Morgan fingerprint density at radius 3 is 2.82 bits per heavy atom. The lowest BCUT2D eigenvalue weighted by Gasteiger charge is -2.21. The van der Waals surface area contributed by atoms with Crippen molar-refractivity contribution in [1.29, 1.82) is 0 Å². The first-order chi connectivity index (χ1) is 13.3. The van der Waals surface area contributed by atoms with Crippen LogP contribution in [0, 0.1) is 5.92 Å². The summed E-state index contributed by atoms with van der Waals surface area (Å²) in [6.07, 6.45) is 5.12. The summed E-state index contributed by atoms with van der Waals surface area (Å²) in [5.41, 5.74) is -0.267. The molecule has 150 valence electrons. The van der Waals surface area contributed by atoms with E-state index in [4.69, 9.17) is 0 Å². The molecule has 9 nitrogen and oxygen atoms in total. The number of sulfone groups is 1. The zero-order valence-corrected chi connectivity index (χ0v) is 16.4. The molecular weight excluding hydrogens is 382 g/mol. The Morgan fingerprint density at radius 1 is 1.29 bits per heavy atom. The Bertz CT molecular complexity index is 1040. The summed E-state index contributed by atoms with van der Waals surface area (Å²) in [5, 5.41) is 2.37. The minimum Gasteiger partial charge on any atom is -0.350 e. The van der Waals surface area contributed by atoms with Crippen molar-refractivity contribution in [3.8, 4) is 0 Å². The van der Waals surface area contributed by atoms with Gasteiger partial charge in [0.1, 0.15) is 12.4 Å². The third-order valence-electron chi connectivity index (χ3n) is 5.62. The van der Waals surface area contributed by atoms with Crippen molar-refractivity contribution in [2.45, 2.75) is 24.4 Å². The van der Waals surface area contributed by atoms with Crippen LogP contribution in [0.15, 0.2) is 41.6 Å². The maximum atomic E-state index is 12.6. The number of amides is 1. The molecule has 2 aromatic rings. The van der Waals surface area contributed by atoms with Crippen LogP contribution in [0.25, 0.3) is 0 Å². The monoisotopic (exact) mass is 405 g/mol. The molecule has 0 aliphatic carbocycles. The molecule has 28 heavy (non-hydrogen) atoms. The van der Waals surface area contributed by atoms with Crippen LogP contribution in [0.4, 0.5) is 0 Å². The lowest BCUT2D eigenvalue weighted by Crippen LogP contribution is -2.44. The number of aromatic nitrogens is 3. The number of nitrogens with one attached hydrogen (secondary N) is 1. The highest BCUT2D eigenvalue weighted by Crippen LogP contribution is 2.34. The predicted octanol–water partition coefficient (Wildman–Crippen LogP) is -1.00. The fourth-order valence-corrected chi connectivity index (χ4v) is 6.49. The van der Waals surface area contributed by atoms with Crippen LogP contribution in [-0.2, 0) is 34.8 Å². The molecule has 2 saturated heterocycles. The molecule has 0 aromatic carbocycles. The van der Waals surface area contributed by atoms with Crippen molar-refractivity contribution in [3.63, 3.8) is 0 Å². The molecule has 0 radical (unpaired) electrons. The number of imidazole rings is 1. The average Bonchev–Trinajstić information content (AvgIpc) is 3.29. The van der Waals surface area contributed by atoms with Crippen molar-refractivity contribution in [3.05, 3.63) is 53.0 Å². The number of pyridine rings is 1. The Kier molecular flexibility index (Phi) is 4.84. The quantitative estimate of drug-likeness (QED) is 0.684. The van der Waals surface area contributed by atoms with E-state index in [1.165, 1.54) is 10.6 Å². The average molecular weight is 405 g/mol. The van der Waals surface area contributed by atoms with Crippen molar-refractivity contribution in [2.75, 3.05) is 18.8 Å². The molecular formula is C18H23N5O4S. The number of likely N-dealkylation sites (tertiary alicyclic amines) is 1. The van der Waals surface area contributed by atoms with E-state index in [1.807, 2.05) is 17.8 Å². The first-order valence-corrected chi connectivity index (χ1v) is 10.9. The van der Waals surface area contributed by atoms with Gasteiger partial charge >= 0.3 is 0 Å². The van der Waals surface area contributed by atoms with E-state index >= 15 is 0 Å². The second-order valence-electron chi connectivity index (χ2n) is 7.52. The third-order valence-corrected chi connectivity index (χ3v) is 7.86. The van der Waals surface area contributed by atoms with E-state index in [2.05, 4.69) is 15.2 Å². The Morgan fingerprint density at radius 2 is 2.11 bits per heavy atom. The number of carbonyl (C=O) groups excluding carboxylic acids is 1. The molecule has 2 aromatic heterocycles. The van der Waals surface area contributed by atoms with Crippen LogP contribution in [-0.4, -0.2) is 63.5 Å². The molecule has 2 aliphatic rings. The Hall–Kier alpha value is -2.46. The van der Waals surface area contributed by atoms with Gasteiger partial charge in [0, 0.05) is 56.8 Å². The number of hydrogen-bond donors (Lipinski definition) is 1. The molecule has 4 rings (SSSR count). The highest BCUT2D eigenvalue weighted by atomic mass is 32.2. The highest BCUT2D eigenvalue weighted by Gasteiger charge is 2.52. The lowest BCUT2D eigenvalue weighted by atomic mass is 10.0. The summed E-state index contributed by atoms with van der Waals surface area (Å²) in [4.78, 5) is 30.6. The van der Waals surface area contributed by atoms with E-state index in [1.54, 1.807) is 24.5 Å². The second-order valence-corrected chi connectivity index (χ2v) is 9.79. The number of fused-ring (bicyclic) bond motifs is 1. The Labute approximate surface area is 162 Å². The number of aryl methyl sites for hydroxylation is 1. The van der Waals surface area contributed by atoms with E-state index in [0.29, 0.717) is 19.6 Å². The molecule has 0 unspecified atom stereocenters. The van der Waals surface area contributed by atoms with Crippen LogP contribution in [0.3, 0.4) is 0 Å². The van der Waals surface area contributed by atoms with Crippen LogP contribution in [0.1, 0.15) is 5.82 Å². The number of carbonyl (C=O) groups is 1. The summed E-state index contributed by atoms with van der Waals surface area (Å²) < 4.78 is 28.4. The molecule has 1 amide bonds. The first kappa shape index (κ1) is 18.9. The van der Waals surface area contributed by atoms with Crippen molar-refractivity contribution < 1.29 is 13.2 Å². The largest absolute Gasteiger partial charge is 0.350 e. The van der Waals surface area contributed by atoms with Crippen LogP contribution >= 0.6 is 0 Å². The maximum Gasteiger partial charge on any atom is 0.250 e. The maximum absolute atomic E-state index is 12.6. The van der Waals surface area contributed by atoms with Crippen molar-refractivity contribution >= 4 is 15.7 Å². The molecule has 10 heteroatoms. The van der Waals surface area contributed by atoms with Crippen LogP contribution < -0.4 is 10.9 Å². The molecule has 1 N–H and O–H groups in total. The van der Waals surface area contributed by atoms with E-state index < -0.39 is 21.1 Å². The van der Waals surface area contributed by atoms with Gasteiger partial charge in [-0.1, -0.05) is 6.07 Å². The van der Waals surface area contributed by atoms with Gasteiger partial charge in [0.15, 0.2) is 9.84 Å². The first-order valence-electron chi connectivity index (χ1n) is 9.18. The number of nitrogens with zero attached hydrogens (tertiary/aromatic N) is 4. The van der Waals surface area contributed by atoms with E-state index in [9.17, 15) is 18.0 Å². The normalized spacial score (nSPS) is 26.2. The molecule has 0 bridgehead atoms. The second kappa shape index (κ2) is 7.17. The van der Waals surface area contributed by atoms with Crippen LogP contribution in [0.5, 0.6) is 0 Å². The SMILES string of the molecule is Cn1ccnc1CN1C[C@H]2[C@H](NC(=O)Cn3ccccc3=O)CS(=O)(=O)[C@H]2C1. The lowest BCUT2D eigenvalue weighted by molar-refractivity contribution is -0.122. The fourth-order valence-electron chi connectivity index (χ4n) is 4.17. The minimum absolute atomic E-state index is 0.0476. The fraction of sp³-hybridized carbons (Fsp3) is 0.500. The summed E-state index contributed by atoms with van der Waals surface area (Å²) in [7, 11) is -1.37. The molecule has 4 heterocycles. The van der Waals surface area contributed by atoms with Gasteiger partial charge in [0.25, 0.3) is 5.56 Å². The molecule has 2 aliphatic heterocycles. The molecule has 0 saturated carbocycles. The van der Waals surface area contributed by atoms with Crippen molar-refractivity contribution in [1.82, 2.24) is 24.3 Å². The molecule has 0 spiro atoms. The minimum atomic E-state index is -3.27. The van der Waals surface area contributed by atoms with Gasteiger partial charge in [0.2, 0.25) is 5.91 Å². The number of hydrogen-bond acceptors (Lipinski definition) is 6. The number of rotatable bonds is 5. The van der Waals surface area contributed by atoms with E-state index in [-0.39, 0.29) is 29.7 Å². The predicted molar refractivity (Wildman–Crippen MR) is 102 cm³/mol. The summed E-state index contributed by atoms with van der Waals surface area (Å²) >= 11 is 0. The smallest absolute Gasteiger partial charge is 0.250 e. The van der Waals surface area contributed by atoms with Gasteiger partial charge in [0.05, 0.1) is 17.5 Å². The van der Waals surface area contributed by atoms with E-state index in [0.717, 1.165) is 5.82 Å². The van der Waals surface area contributed by atoms with Gasteiger partial charge in [-0.25, -0.2) is 13.4 Å². The van der Waals surface area contributed by atoms with Gasteiger partial charge < -0.3 is 14.5 Å². The topological polar surface area (TPSA) is 106 Å². The third kappa shape index (κ3) is 3.61. The van der Waals surface area contributed by atoms with Gasteiger partial charge in [-0.3, -0.25) is 14.5 Å². The van der Waals surface area contributed by atoms with Crippen molar-refractivity contribution in [2.24, 2.45) is 13.0 Å². The highest BCUT2D eigenvalue weighted by molar-refractivity contribution is 7.92.